The zero-order chi connectivity index (χ0) is 13.5. The second-order valence-electron chi connectivity index (χ2n) is 4.47. The van der Waals surface area contributed by atoms with Gasteiger partial charge in [0.1, 0.15) is 0 Å². The molecule has 0 heterocycles. The van der Waals surface area contributed by atoms with E-state index in [4.69, 9.17) is 19.6 Å². The van der Waals surface area contributed by atoms with E-state index in [9.17, 15) is 0 Å². The molecule has 0 atom stereocenters. The molecule has 0 radical (unpaired) electrons. The third-order valence-corrected chi connectivity index (χ3v) is 2.56. The van der Waals surface area contributed by atoms with Crippen LogP contribution in [0.15, 0.2) is 0 Å². The van der Waals surface area contributed by atoms with Crippen molar-refractivity contribution in [2.45, 2.75) is 78.4 Å². The molecule has 0 saturated heterocycles. The van der Waals surface area contributed by atoms with E-state index in [1.807, 2.05) is 0 Å². The molecule has 0 aliphatic heterocycles. The summed E-state index contributed by atoms with van der Waals surface area (Å²) < 4.78 is 0. The third kappa shape index (κ3) is 12.3. The van der Waals surface area contributed by atoms with Gasteiger partial charge in [0.2, 0.25) is 6.29 Å². The molecule has 0 amide bonds. The van der Waals surface area contributed by atoms with Crippen molar-refractivity contribution in [1.82, 2.24) is 0 Å². The van der Waals surface area contributed by atoms with Gasteiger partial charge in [-0.15, -0.1) is 0 Å². The molecule has 0 aromatic carbocycles. The summed E-state index contributed by atoms with van der Waals surface area (Å²) >= 11 is 0. The molecule has 0 aliphatic carbocycles. The number of hydrogen-bond donors (Lipinski definition) is 0. The molecule has 0 bridgehead atoms. The molecule has 0 aromatic rings. The van der Waals surface area contributed by atoms with Crippen LogP contribution in [-0.4, -0.2) is 19.5 Å². The molecule has 0 N–H and O–H groups in total. The molecular weight excluding hydrogens is 232 g/mol. The standard InChI is InChI=1S/C14H30O4/c1-4-7-10-11-14(17-15-12-8-5-2)18-16-13-9-6-3/h14H,4-13H2,1-3H3. The van der Waals surface area contributed by atoms with Crippen LogP contribution in [-0.2, 0) is 19.6 Å². The Morgan fingerprint density at radius 2 is 1.17 bits per heavy atom. The molecule has 0 fully saturated rings. The van der Waals surface area contributed by atoms with Crippen molar-refractivity contribution in [2.24, 2.45) is 0 Å². The lowest BCUT2D eigenvalue weighted by atomic mass is 10.2. The Bertz CT molecular complexity index is 141. The Balaban J connectivity index is 3.62. The molecule has 18 heavy (non-hydrogen) atoms. The van der Waals surface area contributed by atoms with E-state index in [1.54, 1.807) is 0 Å². The highest BCUT2D eigenvalue weighted by Crippen LogP contribution is 2.10. The van der Waals surface area contributed by atoms with E-state index in [2.05, 4.69) is 20.8 Å². The van der Waals surface area contributed by atoms with Gasteiger partial charge in [-0.05, 0) is 19.3 Å². The maximum Gasteiger partial charge on any atom is 0.224 e. The fourth-order valence-electron chi connectivity index (χ4n) is 1.33. The average Bonchev–Trinajstić information content (AvgIpc) is 2.39. The number of hydrogen-bond acceptors (Lipinski definition) is 4. The summed E-state index contributed by atoms with van der Waals surface area (Å²) in [5.74, 6) is 0. The van der Waals surface area contributed by atoms with Gasteiger partial charge in [-0.1, -0.05) is 46.5 Å². The van der Waals surface area contributed by atoms with Gasteiger partial charge in [0, 0.05) is 6.42 Å². The monoisotopic (exact) mass is 262 g/mol. The largest absolute Gasteiger partial charge is 0.234 e. The lowest BCUT2D eigenvalue weighted by molar-refractivity contribution is -0.463. The summed E-state index contributed by atoms with van der Waals surface area (Å²) in [6.07, 6.45) is 8.02. The quantitative estimate of drug-likeness (QED) is 0.201. The first-order valence-corrected chi connectivity index (χ1v) is 7.41. The van der Waals surface area contributed by atoms with Crippen LogP contribution >= 0.6 is 0 Å². The van der Waals surface area contributed by atoms with E-state index >= 15 is 0 Å². The van der Waals surface area contributed by atoms with Crippen LogP contribution in [0.5, 0.6) is 0 Å². The van der Waals surface area contributed by atoms with Crippen molar-refractivity contribution in [3.8, 4) is 0 Å². The van der Waals surface area contributed by atoms with Crippen LogP contribution in [0.3, 0.4) is 0 Å². The van der Waals surface area contributed by atoms with E-state index in [-0.39, 0.29) is 0 Å². The zero-order valence-corrected chi connectivity index (χ0v) is 12.3. The van der Waals surface area contributed by atoms with Crippen LogP contribution in [0.25, 0.3) is 0 Å². The summed E-state index contributed by atoms with van der Waals surface area (Å²) in [5.41, 5.74) is 0. The molecule has 0 aromatic heterocycles. The van der Waals surface area contributed by atoms with Gasteiger partial charge in [-0.25, -0.2) is 19.6 Å². The second-order valence-corrected chi connectivity index (χ2v) is 4.47. The van der Waals surface area contributed by atoms with Gasteiger partial charge in [0.15, 0.2) is 0 Å². The number of rotatable bonds is 14. The van der Waals surface area contributed by atoms with Gasteiger partial charge < -0.3 is 0 Å². The van der Waals surface area contributed by atoms with Gasteiger partial charge >= 0.3 is 0 Å². The first kappa shape index (κ1) is 17.8. The Hall–Kier alpha value is -0.160. The highest BCUT2D eigenvalue weighted by Gasteiger charge is 2.11. The van der Waals surface area contributed by atoms with Gasteiger partial charge in [-0.3, -0.25) is 0 Å². The second kappa shape index (κ2) is 14.9. The summed E-state index contributed by atoms with van der Waals surface area (Å²) in [4.78, 5) is 20.7. The van der Waals surface area contributed by atoms with Crippen LogP contribution in [0.4, 0.5) is 0 Å². The zero-order valence-electron chi connectivity index (χ0n) is 12.3. The molecule has 0 saturated carbocycles. The normalized spacial score (nSPS) is 11.3. The summed E-state index contributed by atoms with van der Waals surface area (Å²) in [6.45, 7) is 7.63. The minimum absolute atomic E-state index is 0.398. The fraction of sp³-hybridized carbons (Fsp3) is 1.00. The number of unbranched alkanes of at least 4 members (excludes halogenated alkanes) is 4. The van der Waals surface area contributed by atoms with Crippen LogP contribution < -0.4 is 0 Å². The van der Waals surface area contributed by atoms with Gasteiger partial charge in [0.05, 0.1) is 13.2 Å². The molecule has 0 unspecified atom stereocenters. The predicted octanol–water partition coefficient (Wildman–Crippen LogP) is 4.39. The Kier molecular flexibility index (Phi) is 14.8. The average molecular weight is 262 g/mol. The highest BCUT2D eigenvalue weighted by molar-refractivity contribution is 4.43. The molecule has 110 valence electrons. The first-order chi connectivity index (χ1) is 8.85. The highest BCUT2D eigenvalue weighted by atomic mass is 17.3. The maximum atomic E-state index is 5.22. The van der Waals surface area contributed by atoms with Gasteiger partial charge in [-0.2, -0.15) is 0 Å². The maximum absolute atomic E-state index is 5.22. The Labute approximate surface area is 112 Å². The molecule has 4 heteroatoms. The van der Waals surface area contributed by atoms with Crippen molar-refractivity contribution in [2.75, 3.05) is 13.2 Å². The first-order valence-electron chi connectivity index (χ1n) is 7.41. The molecule has 0 spiro atoms. The molecule has 0 aliphatic rings. The summed E-state index contributed by atoms with van der Waals surface area (Å²) in [6, 6.07) is 0. The SMILES string of the molecule is CCCCCC(OOCCCC)OOCCCC. The Morgan fingerprint density at radius 3 is 1.61 bits per heavy atom. The molecule has 4 nitrogen and oxygen atoms in total. The van der Waals surface area contributed by atoms with E-state index in [0.29, 0.717) is 13.2 Å². The molecular formula is C14H30O4. The summed E-state index contributed by atoms with van der Waals surface area (Å²) in [7, 11) is 0. The van der Waals surface area contributed by atoms with Crippen LogP contribution in [0, 0.1) is 0 Å². The fourth-order valence-corrected chi connectivity index (χ4v) is 1.33. The van der Waals surface area contributed by atoms with Crippen molar-refractivity contribution < 1.29 is 19.6 Å². The smallest absolute Gasteiger partial charge is 0.224 e. The summed E-state index contributed by atoms with van der Waals surface area (Å²) in [5, 5.41) is 0. The van der Waals surface area contributed by atoms with Crippen molar-refractivity contribution in [1.29, 1.82) is 0 Å². The minimum atomic E-state index is -0.398. The lowest BCUT2D eigenvalue weighted by Gasteiger charge is -2.16. The topological polar surface area (TPSA) is 36.9 Å². The van der Waals surface area contributed by atoms with Crippen molar-refractivity contribution in [3.63, 3.8) is 0 Å². The van der Waals surface area contributed by atoms with E-state index < -0.39 is 6.29 Å². The minimum Gasteiger partial charge on any atom is -0.234 e. The van der Waals surface area contributed by atoms with Crippen LogP contribution in [0.2, 0.25) is 0 Å². The molecule has 0 rings (SSSR count). The van der Waals surface area contributed by atoms with Crippen molar-refractivity contribution >= 4 is 0 Å². The third-order valence-electron chi connectivity index (χ3n) is 2.56. The lowest BCUT2D eigenvalue weighted by Crippen LogP contribution is -2.19. The van der Waals surface area contributed by atoms with Gasteiger partial charge in [0.25, 0.3) is 0 Å². The van der Waals surface area contributed by atoms with E-state index in [0.717, 1.165) is 38.5 Å². The van der Waals surface area contributed by atoms with Crippen LogP contribution in [0.1, 0.15) is 72.1 Å². The Morgan fingerprint density at radius 1 is 0.667 bits per heavy atom. The van der Waals surface area contributed by atoms with Crippen molar-refractivity contribution in [3.05, 3.63) is 0 Å². The van der Waals surface area contributed by atoms with E-state index in [1.165, 1.54) is 12.8 Å². The predicted molar refractivity (Wildman–Crippen MR) is 71.8 cm³/mol.